The summed E-state index contributed by atoms with van der Waals surface area (Å²) in [6.45, 7) is 10.9. The lowest BCUT2D eigenvalue weighted by Gasteiger charge is -2.24. The lowest BCUT2D eigenvalue weighted by Crippen LogP contribution is -2.36. The predicted molar refractivity (Wildman–Crippen MR) is 116 cm³/mol. The molecule has 9 heteroatoms. The molecule has 0 radical (unpaired) electrons. The molecule has 0 spiro atoms. The van der Waals surface area contributed by atoms with E-state index in [-0.39, 0.29) is 17.4 Å². The zero-order valence-corrected chi connectivity index (χ0v) is 19.7. The molecule has 2 atom stereocenters. The minimum absolute atomic E-state index is 0.0359. The van der Waals surface area contributed by atoms with E-state index in [1.54, 1.807) is 33.0 Å². The van der Waals surface area contributed by atoms with Crippen molar-refractivity contribution in [2.45, 2.75) is 64.4 Å². The van der Waals surface area contributed by atoms with Crippen LogP contribution in [0, 0.1) is 5.82 Å². The highest BCUT2D eigenvalue weighted by Gasteiger charge is 2.28. The first-order valence-corrected chi connectivity index (χ1v) is 11.4. The second-order valence-electron chi connectivity index (χ2n) is 8.52. The molecular weight excluding hydrogens is 435 g/mol. The van der Waals surface area contributed by atoms with Crippen molar-refractivity contribution in [2.75, 3.05) is 0 Å². The standard InChI is InChI=1S/C20H26ClFN2O3S2/c1-19(2,3)27-17(25)10-16-23-11-15(28-16)18(24-29(26)20(4,5)6)13-8-7-12(22)9-14(13)21/h7-9,11,18,24H,10H2,1-6H3/t18?,29-/m1/s1. The number of ether oxygens (including phenoxy) is 1. The van der Waals surface area contributed by atoms with Gasteiger partial charge in [0.2, 0.25) is 0 Å². The number of aromatic nitrogens is 1. The molecular formula is C20H26ClFN2O3S2. The summed E-state index contributed by atoms with van der Waals surface area (Å²) in [5.41, 5.74) is 0.00473. The molecule has 0 aliphatic heterocycles. The Bertz CT molecular complexity index is 904. The third kappa shape index (κ3) is 7.13. The lowest BCUT2D eigenvalue weighted by molar-refractivity contribution is -0.153. The van der Waals surface area contributed by atoms with Gasteiger partial charge in [-0.3, -0.25) is 4.79 Å². The van der Waals surface area contributed by atoms with Crippen LogP contribution in [0.2, 0.25) is 5.02 Å². The Morgan fingerprint density at radius 1 is 1.31 bits per heavy atom. The number of esters is 1. The van der Waals surface area contributed by atoms with Gasteiger partial charge in [-0.1, -0.05) is 17.7 Å². The van der Waals surface area contributed by atoms with Gasteiger partial charge in [-0.05, 0) is 59.2 Å². The number of rotatable bonds is 6. The summed E-state index contributed by atoms with van der Waals surface area (Å²) in [7, 11) is -1.41. The number of carbonyl (C=O) groups excluding carboxylic acids is 1. The van der Waals surface area contributed by atoms with Crippen LogP contribution < -0.4 is 4.72 Å². The zero-order valence-electron chi connectivity index (χ0n) is 17.3. The van der Waals surface area contributed by atoms with Gasteiger partial charge in [-0.2, -0.15) is 0 Å². The van der Waals surface area contributed by atoms with Gasteiger partial charge in [0, 0.05) is 16.1 Å². The number of hydrogen-bond acceptors (Lipinski definition) is 5. The van der Waals surface area contributed by atoms with Gasteiger partial charge in [0.05, 0.1) is 28.2 Å². The Morgan fingerprint density at radius 3 is 2.52 bits per heavy atom. The molecule has 1 aromatic carbocycles. The first-order chi connectivity index (χ1) is 13.3. The molecule has 5 nitrogen and oxygen atoms in total. The second-order valence-corrected chi connectivity index (χ2v) is 12.1. The molecule has 0 saturated carbocycles. The summed E-state index contributed by atoms with van der Waals surface area (Å²) in [6, 6.07) is 3.52. The van der Waals surface area contributed by atoms with Crippen molar-refractivity contribution in [3.05, 3.63) is 50.7 Å². The Morgan fingerprint density at radius 2 is 1.97 bits per heavy atom. The van der Waals surface area contributed by atoms with Crippen LogP contribution in [0.1, 0.15) is 63.0 Å². The van der Waals surface area contributed by atoms with Crippen LogP contribution in [-0.2, 0) is 26.9 Å². The molecule has 1 unspecified atom stereocenters. The fourth-order valence-electron chi connectivity index (χ4n) is 2.33. The number of thiazole rings is 1. The topological polar surface area (TPSA) is 68.3 Å². The van der Waals surface area contributed by atoms with E-state index in [0.717, 1.165) is 4.88 Å². The van der Waals surface area contributed by atoms with Crippen LogP contribution in [0.3, 0.4) is 0 Å². The SMILES string of the molecule is CC(C)(C)OC(=O)Cc1ncc(C(N[S@](=O)C(C)(C)C)c2ccc(F)cc2Cl)s1. The minimum Gasteiger partial charge on any atom is -0.460 e. The summed E-state index contributed by atoms with van der Waals surface area (Å²) in [6.07, 6.45) is 1.65. The van der Waals surface area contributed by atoms with Crippen molar-refractivity contribution in [3.63, 3.8) is 0 Å². The molecule has 0 aliphatic carbocycles. The van der Waals surface area contributed by atoms with E-state index < -0.39 is 33.2 Å². The summed E-state index contributed by atoms with van der Waals surface area (Å²) in [4.78, 5) is 17.1. The lowest BCUT2D eigenvalue weighted by atomic mass is 10.1. The quantitative estimate of drug-likeness (QED) is 0.618. The number of benzene rings is 1. The number of carbonyl (C=O) groups is 1. The molecule has 0 aliphatic rings. The van der Waals surface area contributed by atoms with Gasteiger partial charge in [-0.25, -0.2) is 18.3 Å². The highest BCUT2D eigenvalue weighted by Crippen LogP contribution is 2.33. The van der Waals surface area contributed by atoms with Crippen molar-refractivity contribution in [2.24, 2.45) is 0 Å². The van der Waals surface area contributed by atoms with Crippen molar-refractivity contribution in [3.8, 4) is 0 Å². The average Bonchev–Trinajstić information content (AvgIpc) is 2.98. The summed E-state index contributed by atoms with van der Waals surface area (Å²) in [5, 5.41) is 0.788. The maximum Gasteiger partial charge on any atom is 0.313 e. The maximum atomic E-state index is 13.5. The van der Waals surface area contributed by atoms with Gasteiger partial charge in [-0.15, -0.1) is 11.3 Å². The van der Waals surface area contributed by atoms with Crippen LogP contribution in [0.4, 0.5) is 4.39 Å². The van der Waals surface area contributed by atoms with Crippen LogP contribution in [0.15, 0.2) is 24.4 Å². The fourth-order valence-corrected chi connectivity index (χ4v) is 4.48. The van der Waals surface area contributed by atoms with E-state index in [1.807, 2.05) is 20.8 Å². The van der Waals surface area contributed by atoms with E-state index in [4.69, 9.17) is 16.3 Å². The molecule has 0 fully saturated rings. The Labute approximate surface area is 182 Å². The first kappa shape index (κ1) is 23.9. The van der Waals surface area contributed by atoms with Crippen LogP contribution >= 0.6 is 22.9 Å². The van der Waals surface area contributed by atoms with E-state index >= 15 is 0 Å². The van der Waals surface area contributed by atoms with E-state index in [0.29, 0.717) is 10.6 Å². The molecule has 0 saturated heterocycles. The molecule has 29 heavy (non-hydrogen) atoms. The molecule has 1 aromatic heterocycles. The molecule has 1 heterocycles. The van der Waals surface area contributed by atoms with E-state index in [1.165, 1.54) is 23.5 Å². The maximum absolute atomic E-state index is 13.5. The Balaban J connectivity index is 2.33. The average molecular weight is 461 g/mol. The van der Waals surface area contributed by atoms with E-state index in [9.17, 15) is 13.4 Å². The first-order valence-electron chi connectivity index (χ1n) is 9.06. The van der Waals surface area contributed by atoms with Crippen LogP contribution in [-0.4, -0.2) is 25.5 Å². The number of halogens is 2. The fraction of sp³-hybridized carbons (Fsp3) is 0.500. The van der Waals surface area contributed by atoms with Crippen molar-refractivity contribution in [1.29, 1.82) is 0 Å². The number of nitrogens with one attached hydrogen (secondary N) is 1. The van der Waals surface area contributed by atoms with Crippen molar-refractivity contribution < 1.29 is 18.1 Å². The minimum atomic E-state index is -1.41. The Hall–Kier alpha value is -1.35. The molecule has 0 amide bonds. The summed E-state index contributed by atoms with van der Waals surface area (Å²) < 4.78 is 34.1. The van der Waals surface area contributed by atoms with Gasteiger partial charge in [0.1, 0.15) is 16.4 Å². The van der Waals surface area contributed by atoms with Gasteiger partial charge in [0.15, 0.2) is 0 Å². The third-order valence-electron chi connectivity index (χ3n) is 3.63. The van der Waals surface area contributed by atoms with Gasteiger partial charge in [0.25, 0.3) is 0 Å². The smallest absolute Gasteiger partial charge is 0.313 e. The molecule has 0 bridgehead atoms. The van der Waals surface area contributed by atoms with Crippen molar-refractivity contribution in [1.82, 2.24) is 9.71 Å². The van der Waals surface area contributed by atoms with Crippen LogP contribution in [0.25, 0.3) is 0 Å². The predicted octanol–water partition coefficient (Wildman–Crippen LogP) is 4.96. The van der Waals surface area contributed by atoms with Gasteiger partial charge >= 0.3 is 5.97 Å². The normalized spacial score (nSPS) is 14.5. The summed E-state index contributed by atoms with van der Waals surface area (Å²) >= 11 is 7.56. The number of hydrogen-bond donors (Lipinski definition) is 1. The third-order valence-corrected chi connectivity index (χ3v) is 6.58. The molecule has 160 valence electrons. The zero-order chi connectivity index (χ0) is 22.0. The monoisotopic (exact) mass is 460 g/mol. The van der Waals surface area contributed by atoms with Gasteiger partial charge < -0.3 is 4.74 Å². The number of nitrogens with zero attached hydrogens (tertiary/aromatic N) is 1. The molecule has 1 N–H and O–H groups in total. The highest BCUT2D eigenvalue weighted by atomic mass is 35.5. The van der Waals surface area contributed by atoms with Crippen molar-refractivity contribution >= 4 is 39.9 Å². The van der Waals surface area contributed by atoms with E-state index in [2.05, 4.69) is 9.71 Å². The second kappa shape index (κ2) is 9.20. The molecule has 2 rings (SSSR count). The largest absolute Gasteiger partial charge is 0.460 e. The molecule has 2 aromatic rings. The van der Waals surface area contributed by atoms with Crippen LogP contribution in [0.5, 0.6) is 0 Å². The summed E-state index contributed by atoms with van der Waals surface area (Å²) in [5.74, 6) is -0.828. The highest BCUT2D eigenvalue weighted by molar-refractivity contribution is 7.84. The Kier molecular flexibility index (Phi) is 7.59.